The van der Waals surface area contributed by atoms with E-state index in [0.717, 1.165) is 6.92 Å². The first-order valence-corrected chi connectivity index (χ1v) is 32.5. The number of amides is 13. The number of aliphatic hydroxyl groups excluding tert-OH is 5. The number of carbonyl (C=O) groups is 16. The number of carbonyl (C=O) groups excluding carboxylic acids is 13. The zero-order chi connectivity index (χ0) is 75.6. The van der Waals surface area contributed by atoms with Crippen molar-refractivity contribution in [3.05, 3.63) is 29.8 Å². The molecule has 1 aromatic rings. The van der Waals surface area contributed by atoms with E-state index in [-0.39, 0.29) is 37.2 Å². The summed E-state index contributed by atoms with van der Waals surface area (Å²) >= 11 is 1.30. The number of thioether (sulfide) groups is 1. The summed E-state index contributed by atoms with van der Waals surface area (Å²) in [5, 5.41) is 115. The highest BCUT2D eigenvalue weighted by Gasteiger charge is 2.39. The number of primary amides is 1. The summed E-state index contributed by atoms with van der Waals surface area (Å²) in [4.78, 5) is 210. The van der Waals surface area contributed by atoms with Gasteiger partial charge >= 0.3 is 17.9 Å². The van der Waals surface area contributed by atoms with Gasteiger partial charge in [-0.3, -0.25) is 71.9 Å². The molecule has 0 aliphatic rings. The fourth-order valence-electron chi connectivity index (χ4n) is 8.91. The number of aromatic hydroxyl groups is 1. The minimum absolute atomic E-state index is 0.0285. The van der Waals surface area contributed by atoms with Gasteiger partial charge in [0, 0.05) is 19.3 Å². The monoisotopic (exact) mass is 1430 g/mol. The number of nitrogens with one attached hydrogen (secondary N) is 12. The molecule has 0 saturated heterocycles. The highest BCUT2D eigenvalue weighted by atomic mass is 32.2. The van der Waals surface area contributed by atoms with Crippen molar-refractivity contribution in [3.63, 3.8) is 0 Å². The fourth-order valence-corrected chi connectivity index (χ4v) is 9.38. The van der Waals surface area contributed by atoms with Crippen molar-refractivity contribution < 1.29 is 123 Å². The van der Waals surface area contributed by atoms with Crippen LogP contribution in [0.4, 0.5) is 0 Å². The minimum Gasteiger partial charge on any atom is -0.508 e. The number of aliphatic carboxylic acids is 3. The number of phenols is 1. The predicted octanol–water partition coefficient (Wildman–Crippen LogP) is -9.02. The largest absolute Gasteiger partial charge is 0.508 e. The average Bonchev–Trinajstić information content (AvgIpc) is 0.867. The summed E-state index contributed by atoms with van der Waals surface area (Å²) in [6.07, 6.45) is -4.47. The molecule has 556 valence electrons. The van der Waals surface area contributed by atoms with Crippen LogP contribution in [0.3, 0.4) is 0 Å². The Hall–Kier alpha value is -9.35. The molecule has 0 saturated carbocycles. The van der Waals surface area contributed by atoms with Crippen LogP contribution in [-0.2, 0) is 83.1 Å². The van der Waals surface area contributed by atoms with Gasteiger partial charge in [-0.15, -0.1) is 0 Å². The van der Waals surface area contributed by atoms with E-state index < -0.39 is 250 Å². The van der Waals surface area contributed by atoms with Crippen molar-refractivity contribution >= 4 is 106 Å². The number of phenolic OH excluding ortho intramolecular Hbond substituents is 1. The van der Waals surface area contributed by atoms with Gasteiger partial charge in [-0.1, -0.05) is 39.8 Å². The quantitative estimate of drug-likeness (QED) is 0.0288. The molecule has 99 heavy (non-hydrogen) atoms. The first kappa shape index (κ1) is 87.7. The Bertz CT molecular complexity index is 2960. The van der Waals surface area contributed by atoms with Crippen LogP contribution in [0.2, 0.25) is 0 Å². The topological polar surface area (TPSA) is 652 Å². The van der Waals surface area contributed by atoms with E-state index in [2.05, 4.69) is 42.5 Å². The lowest BCUT2D eigenvalue weighted by Gasteiger charge is -2.29. The fraction of sp³-hybridized carbons (Fsp3) is 0.627. The number of rotatable bonds is 47. The van der Waals surface area contributed by atoms with Crippen molar-refractivity contribution in [1.82, 2.24) is 63.8 Å². The summed E-state index contributed by atoms with van der Waals surface area (Å²) in [6.45, 7) is 3.99. The molecule has 40 heteroatoms. The Morgan fingerprint density at radius 2 is 0.747 bits per heavy atom. The molecule has 25 N–H and O–H groups in total. The molecule has 0 aromatic heterocycles. The SMILES string of the molecule is CSCC[C@H](NC(=O)[C@H](Cc1ccc(O)cc1)NC(=O)[C@H](C)N)C(=O)N[C@@H](CCC(N)=O)C(=O)N[C@@H](CC(C)C)C(=O)N[C@@H](CO)C(=O)N[C@@H](CO)C(=O)N[C@@H](CC(C)C)C(=O)N[C@H](C(=O)N[C@@H](CO)C(=O)N[C@@H](CCC(=O)O)C(=O)N[C@@H](CC(=O)O)C(=O)N[C@@H](CO)C(=O)O)[C@@H](C)O. The van der Waals surface area contributed by atoms with Crippen molar-refractivity contribution in [2.24, 2.45) is 23.3 Å². The maximum Gasteiger partial charge on any atom is 0.328 e. The average molecular weight is 1430 g/mol. The number of hydrogen-bond donors (Lipinski definition) is 23. The van der Waals surface area contributed by atoms with Gasteiger partial charge in [0.15, 0.2) is 0 Å². The van der Waals surface area contributed by atoms with Crippen LogP contribution >= 0.6 is 11.8 Å². The third-order valence-electron chi connectivity index (χ3n) is 14.3. The van der Waals surface area contributed by atoms with Crippen LogP contribution < -0.4 is 75.3 Å². The number of carboxylic acid groups (broad SMARTS) is 3. The van der Waals surface area contributed by atoms with Crippen molar-refractivity contribution in [1.29, 1.82) is 0 Å². The maximum absolute atomic E-state index is 14.1. The van der Waals surface area contributed by atoms with Crippen LogP contribution in [0.1, 0.15) is 98.5 Å². The molecule has 14 atom stereocenters. The molecule has 1 aromatic carbocycles. The molecule has 0 spiro atoms. The smallest absolute Gasteiger partial charge is 0.328 e. The Kier molecular flexibility index (Phi) is 39.4. The number of benzene rings is 1. The van der Waals surface area contributed by atoms with E-state index >= 15 is 0 Å². The highest BCUT2D eigenvalue weighted by molar-refractivity contribution is 7.98. The lowest BCUT2D eigenvalue weighted by atomic mass is 10.0. The Morgan fingerprint density at radius 3 is 1.12 bits per heavy atom. The van der Waals surface area contributed by atoms with Gasteiger partial charge in [-0.05, 0) is 87.5 Å². The summed E-state index contributed by atoms with van der Waals surface area (Å²) in [7, 11) is 0. The number of hydrogen-bond acceptors (Lipinski definition) is 24. The third kappa shape index (κ3) is 32.7. The van der Waals surface area contributed by atoms with Crippen LogP contribution in [0.15, 0.2) is 24.3 Å². The first-order valence-electron chi connectivity index (χ1n) is 31.1. The molecule has 0 fully saturated rings. The summed E-state index contributed by atoms with van der Waals surface area (Å²) in [5.41, 5.74) is 11.7. The molecule has 39 nitrogen and oxygen atoms in total. The highest BCUT2D eigenvalue weighted by Crippen LogP contribution is 2.15. The molecule has 13 amide bonds. The van der Waals surface area contributed by atoms with Crippen LogP contribution in [0, 0.1) is 11.8 Å². The van der Waals surface area contributed by atoms with Gasteiger partial charge in [0.25, 0.3) is 0 Å². The van der Waals surface area contributed by atoms with E-state index in [1.807, 2.05) is 16.0 Å². The van der Waals surface area contributed by atoms with E-state index in [9.17, 15) is 123 Å². The van der Waals surface area contributed by atoms with Crippen molar-refractivity contribution in [2.45, 2.75) is 184 Å². The van der Waals surface area contributed by atoms with E-state index in [1.165, 1.54) is 43.0 Å². The summed E-state index contributed by atoms with van der Waals surface area (Å²) < 4.78 is 0. The normalized spacial score (nSPS) is 15.4. The molecule has 0 aliphatic heterocycles. The zero-order valence-electron chi connectivity index (χ0n) is 55.6. The maximum atomic E-state index is 14.1. The molecule has 0 heterocycles. The van der Waals surface area contributed by atoms with Gasteiger partial charge in [-0.25, -0.2) is 4.79 Å². The van der Waals surface area contributed by atoms with Crippen molar-refractivity contribution in [2.75, 3.05) is 38.4 Å². The second kappa shape index (κ2) is 44.5. The van der Waals surface area contributed by atoms with E-state index in [4.69, 9.17) is 11.5 Å². The molecule has 0 bridgehead atoms. The molecule has 0 radical (unpaired) electrons. The molecular formula is C59H94N14O25S. The standard InChI is InChI=1S/C59H94N14O25S/c1-26(2)18-35(66-48(86)32(12-14-43(61)80)62-50(88)34(16-17-99-7)64-52(90)37(65-47(85)28(5)60)20-30-8-10-31(79)11-9-30)51(89)69-40(23-75)57(95)70-39(22-74)56(94)67-36(19-27(3)4)54(92)73-46(29(6)78)58(96)71-41(24-76)55(93)63-33(13-15-44(81)82)49(87)68-38(21-45(83)84)53(91)72-42(25-77)59(97)98/h8-11,26-29,32-42,46,74-79H,12-25,60H2,1-7H3,(H2,61,80)(H,62,88)(H,63,93)(H,64,90)(H,65,85)(H,66,86)(H,67,94)(H,68,87)(H,69,89)(H,70,95)(H,71,96)(H,72,91)(H,73,92)(H,81,82)(H,83,84)(H,97,98)/t28-,29+,32-,33-,34-,35-,36-,37-,38-,39-,40-,41-,42-,46-/m0/s1. The van der Waals surface area contributed by atoms with Crippen LogP contribution in [-0.4, -0.2) is 264 Å². The molecular weight excluding hydrogens is 1340 g/mol. The molecule has 1 rings (SSSR count). The Labute approximate surface area is 572 Å². The van der Waals surface area contributed by atoms with Gasteiger partial charge < -0.3 is 121 Å². The number of nitrogens with two attached hydrogens (primary N) is 2. The Morgan fingerprint density at radius 1 is 0.414 bits per heavy atom. The second-order valence-corrected chi connectivity index (χ2v) is 24.7. The minimum atomic E-state index is -2.08. The van der Waals surface area contributed by atoms with Gasteiger partial charge in [0.2, 0.25) is 76.8 Å². The number of aliphatic hydroxyl groups is 5. The summed E-state index contributed by atoms with van der Waals surface area (Å²) in [6, 6.07) is -16.9. The van der Waals surface area contributed by atoms with Gasteiger partial charge in [0.05, 0.1) is 45.0 Å². The van der Waals surface area contributed by atoms with Gasteiger partial charge in [-0.2, -0.15) is 11.8 Å². The molecule has 0 unspecified atom stereocenters. The number of carboxylic acids is 3. The lowest BCUT2D eigenvalue weighted by Crippen LogP contribution is -2.63. The van der Waals surface area contributed by atoms with Gasteiger partial charge in [0.1, 0.15) is 78.3 Å². The molecule has 0 aliphatic carbocycles. The van der Waals surface area contributed by atoms with E-state index in [0.29, 0.717) is 5.56 Å². The first-order chi connectivity index (χ1) is 46.3. The summed E-state index contributed by atoms with van der Waals surface area (Å²) in [5.74, 6) is -20.7. The third-order valence-corrected chi connectivity index (χ3v) is 14.9. The van der Waals surface area contributed by atoms with Crippen molar-refractivity contribution in [3.8, 4) is 5.75 Å². The Balaban J connectivity index is 3.41. The lowest BCUT2D eigenvalue weighted by molar-refractivity contribution is -0.144. The van der Waals surface area contributed by atoms with E-state index in [1.54, 1.807) is 39.3 Å². The predicted molar refractivity (Wildman–Crippen MR) is 346 cm³/mol. The van der Waals surface area contributed by atoms with Crippen LogP contribution in [0.25, 0.3) is 0 Å². The second-order valence-electron chi connectivity index (χ2n) is 23.7. The zero-order valence-corrected chi connectivity index (χ0v) is 56.4. The van der Waals surface area contributed by atoms with Crippen LogP contribution in [0.5, 0.6) is 5.75 Å².